The molecule has 0 heterocycles. The van der Waals surface area contributed by atoms with Gasteiger partial charge >= 0.3 is 5.97 Å². The van der Waals surface area contributed by atoms with E-state index in [1.165, 1.54) is 7.11 Å². The van der Waals surface area contributed by atoms with Gasteiger partial charge < -0.3 is 4.74 Å². The van der Waals surface area contributed by atoms with E-state index in [2.05, 4.69) is 4.74 Å². The molecule has 1 rings (SSSR count). The molecule has 1 aliphatic carbocycles. The van der Waals surface area contributed by atoms with Gasteiger partial charge in [0, 0.05) is 0 Å². The number of sulfonamides is 1. The van der Waals surface area contributed by atoms with Crippen LogP contribution in [0.5, 0.6) is 0 Å². The topological polar surface area (TPSA) is 86.5 Å². The van der Waals surface area contributed by atoms with Crippen LogP contribution in [-0.2, 0) is 19.6 Å². The molecule has 0 aliphatic heterocycles. The predicted molar refractivity (Wildman–Crippen MR) is 41.6 cm³/mol. The van der Waals surface area contributed by atoms with E-state index in [0.717, 1.165) is 0 Å². The van der Waals surface area contributed by atoms with Crippen LogP contribution in [0, 0.1) is 5.92 Å². The minimum Gasteiger partial charge on any atom is -0.469 e. The first-order valence-electron chi connectivity index (χ1n) is 3.54. The van der Waals surface area contributed by atoms with E-state index >= 15 is 0 Å². The number of hydrogen-bond acceptors (Lipinski definition) is 4. The lowest BCUT2D eigenvalue weighted by atomic mass is 9.85. The first kappa shape index (κ1) is 9.47. The van der Waals surface area contributed by atoms with Crippen molar-refractivity contribution < 1.29 is 17.9 Å². The molecule has 6 heteroatoms. The Morgan fingerprint density at radius 1 is 1.50 bits per heavy atom. The molecule has 1 aliphatic rings. The van der Waals surface area contributed by atoms with Gasteiger partial charge in [-0.15, -0.1) is 0 Å². The Morgan fingerprint density at radius 3 is 2.33 bits per heavy atom. The van der Waals surface area contributed by atoms with Gasteiger partial charge in [0.05, 0.1) is 18.3 Å². The Bertz CT molecular complexity index is 278. The third kappa shape index (κ3) is 1.75. The summed E-state index contributed by atoms with van der Waals surface area (Å²) in [7, 11) is -2.16. The maximum Gasteiger partial charge on any atom is 0.308 e. The molecule has 70 valence electrons. The molecule has 2 N–H and O–H groups in total. The van der Waals surface area contributed by atoms with Crippen LogP contribution in [-0.4, -0.2) is 26.7 Å². The summed E-state index contributed by atoms with van der Waals surface area (Å²) >= 11 is 0. The molecule has 0 unspecified atom stereocenters. The van der Waals surface area contributed by atoms with Crippen LogP contribution < -0.4 is 5.14 Å². The fourth-order valence-corrected chi connectivity index (χ4v) is 2.19. The van der Waals surface area contributed by atoms with Crippen LogP contribution in [0.3, 0.4) is 0 Å². The third-order valence-electron chi connectivity index (χ3n) is 2.09. The summed E-state index contributed by atoms with van der Waals surface area (Å²) in [6, 6.07) is 0. The van der Waals surface area contributed by atoms with Crippen LogP contribution in [0.4, 0.5) is 0 Å². The highest BCUT2D eigenvalue weighted by Crippen LogP contribution is 2.32. The van der Waals surface area contributed by atoms with Gasteiger partial charge in [-0.25, -0.2) is 13.6 Å². The zero-order valence-corrected chi connectivity index (χ0v) is 7.50. The van der Waals surface area contributed by atoms with Gasteiger partial charge in [-0.3, -0.25) is 4.79 Å². The average Bonchev–Trinajstić information content (AvgIpc) is 1.80. The number of primary sulfonamides is 1. The number of hydrogen-bond donors (Lipinski definition) is 1. The minimum atomic E-state index is -3.45. The normalized spacial score (nSPS) is 29.2. The van der Waals surface area contributed by atoms with Gasteiger partial charge in [-0.05, 0) is 12.8 Å². The van der Waals surface area contributed by atoms with E-state index in [1.807, 2.05) is 0 Å². The van der Waals surface area contributed by atoms with Crippen molar-refractivity contribution in [3.8, 4) is 0 Å². The van der Waals surface area contributed by atoms with Gasteiger partial charge in [-0.1, -0.05) is 0 Å². The third-order valence-corrected chi connectivity index (χ3v) is 3.41. The van der Waals surface area contributed by atoms with E-state index in [1.54, 1.807) is 0 Å². The lowest BCUT2D eigenvalue weighted by Gasteiger charge is -2.30. The number of nitrogens with two attached hydrogens (primary N) is 1. The van der Waals surface area contributed by atoms with Crippen LogP contribution >= 0.6 is 0 Å². The fourth-order valence-electron chi connectivity index (χ4n) is 1.19. The molecule has 1 saturated carbocycles. The number of rotatable bonds is 2. The Kier molecular flexibility index (Phi) is 2.39. The molecule has 0 amide bonds. The molecule has 5 nitrogen and oxygen atoms in total. The molecule has 12 heavy (non-hydrogen) atoms. The van der Waals surface area contributed by atoms with Crippen molar-refractivity contribution in [2.24, 2.45) is 11.1 Å². The van der Waals surface area contributed by atoms with Crippen molar-refractivity contribution in [1.82, 2.24) is 0 Å². The molecule has 0 spiro atoms. The standard InChI is InChI=1S/C6H11NO4S/c1-11-6(8)4-2-5(3-4)12(7,9)10/h4-5H,2-3H2,1H3,(H2,7,9,10)/t4-,5+. The summed E-state index contributed by atoms with van der Waals surface area (Å²) in [6.45, 7) is 0. The molecular formula is C6H11NO4S. The lowest BCUT2D eigenvalue weighted by molar-refractivity contribution is -0.148. The highest BCUT2D eigenvalue weighted by atomic mass is 32.2. The van der Waals surface area contributed by atoms with E-state index in [9.17, 15) is 13.2 Å². The molecular weight excluding hydrogens is 182 g/mol. The first-order valence-corrected chi connectivity index (χ1v) is 5.15. The summed E-state index contributed by atoms with van der Waals surface area (Å²) in [5.74, 6) is -0.631. The summed E-state index contributed by atoms with van der Waals surface area (Å²) < 4.78 is 25.8. The second-order valence-corrected chi connectivity index (χ2v) is 4.75. The van der Waals surface area contributed by atoms with Crippen molar-refractivity contribution >= 4 is 16.0 Å². The maximum absolute atomic E-state index is 10.8. The van der Waals surface area contributed by atoms with Crippen molar-refractivity contribution in [1.29, 1.82) is 0 Å². The van der Waals surface area contributed by atoms with Crippen molar-refractivity contribution in [2.75, 3.05) is 7.11 Å². The molecule has 0 bridgehead atoms. The number of methoxy groups -OCH3 is 1. The van der Waals surface area contributed by atoms with Crippen molar-refractivity contribution in [3.63, 3.8) is 0 Å². The van der Waals surface area contributed by atoms with Crippen LogP contribution in [0.1, 0.15) is 12.8 Å². The number of carbonyl (C=O) groups is 1. The fraction of sp³-hybridized carbons (Fsp3) is 0.833. The van der Waals surface area contributed by atoms with Gasteiger partial charge in [-0.2, -0.15) is 0 Å². The lowest BCUT2D eigenvalue weighted by Crippen LogP contribution is -2.43. The van der Waals surface area contributed by atoms with Gasteiger partial charge in [0.1, 0.15) is 0 Å². The summed E-state index contributed by atoms with van der Waals surface area (Å²) in [4.78, 5) is 10.8. The maximum atomic E-state index is 10.8. The highest BCUT2D eigenvalue weighted by Gasteiger charge is 2.41. The van der Waals surface area contributed by atoms with Crippen LogP contribution in [0.15, 0.2) is 0 Å². The van der Waals surface area contributed by atoms with E-state index in [0.29, 0.717) is 12.8 Å². The number of ether oxygens (including phenoxy) is 1. The number of esters is 1. The smallest absolute Gasteiger partial charge is 0.308 e. The molecule has 0 atom stereocenters. The quantitative estimate of drug-likeness (QED) is 0.583. The molecule has 0 radical (unpaired) electrons. The molecule has 0 aromatic carbocycles. The molecule has 0 aromatic heterocycles. The second kappa shape index (κ2) is 3.02. The van der Waals surface area contributed by atoms with Crippen molar-refractivity contribution in [2.45, 2.75) is 18.1 Å². The highest BCUT2D eigenvalue weighted by molar-refractivity contribution is 7.89. The largest absolute Gasteiger partial charge is 0.469 e. The monoisotopic (exact) mass is 193 g/mol. The average molecular weight is 193 g/mol. The number of carbonyl (C=O) groups excluding carboxylic acids is 1. The van der Waals surface area contributed by atoms with Gasteiger partial charge in [0.15, 0.2) is 0 Å². The van der Waals surface area contributed by atoms with Gasteiger partial charge in [0.25, 0.3) is 0 Å². The second-order valence-electron chi connectivity index (χ2n) is 2.90. The van der Waals surface area contributed by atoms with E-state index < -0.39 is 15.3 Å². The zero-order chi connectivity index (χ0) is 9.35. The summed E-state index contributed by atoms with van der Waals surface area (Å²) in [5, 5.41) is 4.31. The Balaban J connectivity index is 2.44. The van der Waals surface area contributed by atoms with Gasteiger partial charge in [0.2, 0.25) is 10.0 Å². The molecule has 0 saturated heterocycles. The Labute approximate surface area is 70.9 Å². The molecule has 0 aromatic rings. The summed E-state index contributed by atoms with van der Waals surface area (Å²) in [6.07, 6.45) is 0.594. The van der Waals surface area contributed by atoms with Crippen molar-refractivity contribution in [3.05, 3.63) is 0 Å². The molecule has 1 fully saturated rings. The van der Waals surface area contributed by atoms with Crippen LogP contribution in [0.2, 0.25) is 0 Å². The van der Waals surface area contributed by atoms with E-state index in [4.69, 9.17) is 5.14 Å². The summed E-state index contributed by atoms with van der Waals surface area (Å²) in [5.41, 5.74) is 0. The van der Waals surface area contributed by atoms with E-state index in [-0.39, 0.29) is 11.9 Å². The Hall–Kier alpha value is -0.620. The zero-order valence-electron chi connectivity index (χ0n) is 6.69. The predicted octanol–water partition coefficient (Wildman–Crippen LogP) is -0.774. The van der Waals surface area contributed by atoms with Crippen LogP contribution in [0.25, 0.3) is 0 Å². The SMILES string of the molecule is COC(=O)[C@H]1C[C@@H](S(N)(=O)=O)C1. The first-order chi connectivity index (χ1) is 5.45. The minimum absolute atomic E-state index is 0.279. The Morgan fingerprint density at radius 2 is 2.00 bits per heavy atom.